The van der Waals surface area contributed by atoms with E-state index in [9.17, 15) is 9.59 Å². The first-order valence-electron chi connectivity index (χ1n) is 10.5. The minimum absolute atomic E-state index is 0.0360. The van der Waals surface area contributed by atoms with Gasteiger partial charge in [0.2, 0.25) is 5.01 Å². The molecule has 0 bridgehead atoms. The van der Waals surface area contributed by atoms with Gasteiger partial charge in [0.25, 0.3) is 11.8 Å². The highest BCUT2D eigenvalue weighted by Gasteiger charge is 2.28. The number of hydrogen-bond acceptors (Lipinski definition) is 7. The predicted octanol–water partition coefficient (Wildman–Crippen LogP) is 4.24. The Balaban J connectivity index is 1.32. The molecule has 8 nitrogen and oxygen atoms in total. The first-order valence-corrected chi connectivity index (χ1v) is 11.7. The van der Waals surface area contributed by atoms with Crippen LogP contribution in [-0.4, -0.2) is 53.7 Å². The highest BCUT2D eigenvalue weighted by Crippen LogP contribution is 2.29. The van der Waals surface area contributed by atoms with Crippen LogP contribution in [0.3, 0.4) is 0 Å². The molecule has 1 fully saturated rings. The molecule has 33 heavy (non-hydrogen) atoms. The zero-order valence-electron chi connectivity index (χ0n) is 18.0. The quantitative estimate of drug-likeness (QED) is 0.537. The third kappa shape index (κ3) is 6.00. The summed E-state index contributed by atoms with van der Waals surface area (Å²) in [6.07, 6.45) is 1.73. The van der Waals surface area contributed by atoms with Crippen LogP contribution in [0.4, 0.5) is 5.69 Å². The normalized spacial score (nSPS) is 15.7. The summed E-state index contributed by atoms with van der Waals surface area (Å²) in [7, 11) is 1.60. The summed E-state index contributed by atoms with van der Waals surface area (Å²) >= 11 is 7.22. The van der Waals surface area contributed by atoms with E-state index in [1.165, 1.54) is 11.3 Å². The van der Waals surface area contributed by atoms with Gasteiger partial charge in [-0.1, -0.05) is 29.0 Å². The molecule has 1 unspecified atom stereocenters. The number of hydrogen-bond donors (Lipinski definition) is 1. The molecule has 1 N–H and O–H groups in total. The highest BCUT2D eigenvalue weighted by molar-refractivity contribution is 7.13. The van der Waals surface area contributed by atoms with Gasteiger partial charge in [-0.2, -0.15) is 0 Å². The predicted molar refractivity (Wildman–Crippen MR) is 126 cm³/mol. The van der Waals surface area contributed by atoms with Gasteiger partial charge in [-0.3, -0.25) is 9.59 Å². The molecule has 1 aromatic heterocycles. The molecule has 0 aliphatic carbocycles. The largest absolute Gasteiger partial charge is 0.497 e. The Kier molecular flexibility index (Phi) is 7.41. The number of anilines is 1. The number of methoxy groups -OCH3 is 1. The fourth-order valence-corrected chi connectivity index (χ4v) is 4.61. The lowest BCUT2D eigenvalue weighted by Gasteiger charge is -2.31. The maximum absolute atomic E-state index is 12.7. The SMILES string of the molecule is COc1ccc(OCC(=O)N2CCCC(c3nnc(C(=O)Nc4cccc(Cl)c4)s3)C2)cc1. The first kappa shape index (κ1) is 23.0. The number of benzene rings is 2. The topological polar surface area (TPSA) is 93.7 Å². The van der Waals surface area contributed by atoms with Gasteiger partial charge in [0.05, 0.1) is 7.11 Å². The monoisotopic (exact) mass is 486 g/mol. The molecule has 2 heterocycles. The summed E-state index contributed by atoms with van der Waals surface area (Å²) < 4.78 is 10.8. The summed E-state index contributed by atoms with van der Waals surface area (Å²) in [5.41, 5.74) is 0.593. The van der Waals surface area contributed by atoms with Gasteiger partial charge >= 0.3 is 0 Å². The van der Waals surface area contributed by atoms with Crippen molar-refractivity contribution in [1.82, 2.24) is 15.1 Å². The number of carbonyl (C=O) groups is 2. The van der Waals surface area contributed by atoms with Gasteiger partial charge in [-0.05, 0) is 55.3 Å². The lowest BCUT2D eigenvalue weighted by Crippen LogP contribution is -2.41. The number of likely N-dealkylation sites (tertiary alicyclic amines) is 1. The van der Waals surface area contributed by atoms with E-state index in [0.717, 1.165) is 23.6 Å². The van der Waals surface area contributed by atoms with Crippen LogP contribution in [0.25, 0.3) is 0 Å². The summed E-state index contributed by atoms with van der Waals surface area (Å²) in [5.74, 6) is 0.952. The minimum Gasteiger partial charge on any atom is -0.497 e. The zero-order chi connectivity index (χ0) is 23.2. The van der Waals surface area contributed by atoms with E-state index < -0.39 is 0 Å². The molecular formula is C23H23ClN4O4S. The lowest BCUT2D eigenvalue weighted by molar-refractivity contribution is -0.134. The second-order valence-electron chi connectivity index (χ2n) is 7.55. The molecule has 172 valence electrons. The van der Waals surface area contributed by atoms with Crippen molar-refractivity contribution in [3.05, 3.63) is 63.6 Å². The Morgan fingerprint density at radius 2 is 1.97 bits per heavy atom. The molecule has 1 aliphatic rings. The van der Waals surface area contributed by atoms with Crippen LogP contribution < -0.4 is 14.8 Å². The molecule has 2 amide bonds. The standard InChI is InChI=1S/C23H23ClN4O4S/c1-31-18-7-9-19(10-8-18)32-14-20(29)28-11-3-4-15(13-28)22-26-27-23(33-22)21(30)25-17-6-2-5-16(24)12-17/h2,5-10,12,15H,3-4,11,13-14H2,1H3,(H,25,30). The van der Waals surface area contributed by atoms with Crippen LogP contribution in [0.2, 0.25) is 5.02 Å². The molecule has 1 aliphatic heterocycles. The van der Waals surface area contributed by atoms with Gasteiger partial charge < -0.3 is 19.7 Å². The number of carbonyl (C=O) groups excluding carboxylic acids is 2. The average Bonchev–Trinajstić information content (AvgIpc) is 3.34. The smallest absolute Gasteiger partial charge is 0.286 e. The average molecular weight is 487 g/mol. The maximum atomic E-state index is 12.7. The number of rotatable bonds is 7. The van der Waals surface area contributed by atoms with Crippen molar-refractivity contribution >= 4 is 40.4 Å². The van der Waals surface area contributed by atoms with Crippen molar-refractivity contribution in [2.45, 2.75) is 18.8 Å². The minimum atomic E-state index is -0.336. The van der Waals surface area contributed by atoms with E-state index in [4.69, 9.17) is 21.1 Å². The van der Waals surface area contributed by atoms with Crippen LogP contribution in [0.5, 0.6) is 11.5 Å². The van der Waals surface area contributed by atoms with Crippen LogP contribution in [0, 0.1) is 0 Å². The summed E-state index contributed by atoms with van der Waals surface area (Å²) in [5, 5.41) is 12.6. The van der Waals surface area contributed by atoms with E-state index in [-0.39, 0.29) is 29.3 Å². The maximum Gasteiger partial charge on any atom is 0.286 e. The third-order valence-corrected chi connectivity index (χ3v) is 6.58. The molecule has 0 saturated carbocycles. The summed E-state index contributed by atoms with van der Waals surface area (Å²) in [6.45, 7) is 1.15. The molecule has 4 rings (SSSR count). The first-order chi connectivity index (χ1) is 16.0. The lowest BCUT2D eigenvalue weighted by atomic mass is 9.99. The van der Waals surface area contributed by atoms with Crippen molar-refractivity contribution in [3.63, 3.8) is 0 Å². The highest BCUT2D eigenvalue weighted by atomic mass is 35.5. The van der Waals surface area contributed by atoms with Crippen molar-refractivity contribution < 1.29 is 19.1 Å². The number of aromatic nitrogens is 2. The molecule has 2 aromatic carbocycles. The van der Waals surface area contributed by atoms with E-state index in [0.29, 0.717) is 29.5 Å². The number of amides is 2. The Morgan fingerprint density at radius 3 is 2.73 bits per heavy atom. The van der Waals surface area contributed by atoms with E-state index >= 15 is 0 Å². The Labute approximate surface area is 200 Å². The molecule has 10 heteroatoms. The molecule has 0 radical (unpaired) electrons. The third-order valence-electron chi connectivity index (χ3n) is 5.26. The number of piperidine rings is 1. The number of ether oxygens (including phenoxy) is 2. The Hall–Kier alpha value is -3.17. The van der Waals surface area contributed by atoms with Crippen molar-refractivity contribution in [2.75, 3.05) is 32.1 Å². The van der Waals surface area contributed by atoms with Crippen LogP contribution in [-0.2, 0) is 4.79 Å². The molecule has 3 aromatic rings. The van der Waals surface area contributed by atoms with Gasteiger partial charge in [-0.25, -0.2) is 0 Å². The van der Waals surface area contributed by atoms with Crippen LogP contribution in [0.15, 0.2) is 48.5 Å². The van der Waals surface area contributed by atoms with E-state index in [2.05, 4.69) is 15.5 Å². The molecular weight excluding hydrogens is 464 g/mol. The van der Waals surface area contributed by atoms with Gasteiger partial charge in [0.1, 0.15) is 16.5 Å². The van der Waals surface area contributed by atoms with Gasteiger partial charge in [0, 0.05) is 29.7 Å². The van der Waals surface area contributed by atoms with Gasteiger partial charge in [0.15, 0.2) is 6.61 Å². The van der Waals surface area contributed by atoms with E-state index in [1.54, 1.807) is 60.5 Å². The van der Waals surface area contributed by atoms with Gasteiger partial charge in [-0.15, -0.1) is 10.2 Å². The van der Waals surface area contributed by atoms with Crippen LogP contribution >= 0.6 is 22.9 Å². The fraction of sp³-hybridized carbons (Fsp3) is 0.304. The zero-order valence-corrected chi connectivity index (χ0v) is 19.6. The van der Waals surface area contributed by atoms with Crippen LogP contribution in [0.1, 0.15) is 33.6 Å². The second-order valence-corrected chi connectivity index (χ2v) is 9.00. The Bertz CT molecular complexity index is 1120. The number of nitrogens with zero attached hydrogens (tertiary/aromatic N) is 3. The molecule has 1 atom stereocenters. The number of halogens is 1. The fourth-order valence-electron chi connectivity index (χ4n) is 3.56. The Morgan fingerprint density at radius 1 is 1.18 bits per heavy atom. The molecule has 1 saturated heterocycles. The van der Waals surface area contributed by atoms with E-state index in [1.807, 2.05) is 0 Å². The van der Waals surface area contributed by atoms with Crippen molar-refractivity contribution in [2.24, 2.45) is 0 Å². The second kappa shape index (κ2) is 10.6. The van der Waals surface area contributed by atoms with Crippen molar-refractivity contribution in [3.8, 4) is 11.5 Å². The number of nitrogens with one attached hydrogen (secondary N) is 1. The summed E-state index contributed by atoms with van der Waals surface area (Å²) in [6, 6.07) is 14.0. The summed E-state index contributed by atoms with van der Waals surface area (Å²) in [4.78, 5) is 27.0. The molecule has 0 spiro atoms. The van der Waals surface area contributed by atoms with Crippen molar-refractivity contribution in [1.29, 1.82) is 0 Å².